The Morgan fingerprint density at radius 3 is 2.49 bits per heavy atom. The molecule has 43 heavy (non-hydrogen) atoms. The number of aliphatic carboxylic acids is 2. The van der Waals surface area contributed by atoms with E-state index in [0.29, 0.717) is 17.8 Å². The number of pyridine rings is 1. The van der Waals surface area contributed by atoms with E-state index in [1.807, 2.05) is 0 Å². The minimum atomic E-state index is -1.38. The molecule has 17 heteroatoms. The van der Waals surface area contributed by atoms with Gasteiger partial charge in [0.05, 0.1) is 6.42 Å². The Labute approximate surface area is 246 Å². The average Bonchev–Trinajstić information content (AvgIpc) is 3.64. The average molecular weight is 602 g/mol. The van der Waals surface area contributed by atoms with Crippen molar-refractivity contribution in [2.45, 2.75) is 76.9 Å². The molecule has 1 aliphatic heterocycles. The lowest BCUT2D eigenvalue weighted by Crippen LogP contribution is -2.58. The molecule has 6 N–H and O–H groups in total. The first kappa shape index (κ1) is 32.6. The predicted molar refractivity (Wildman–Crippen MR) is 147 cm³/mol. The molecule has 0 fully saturated rings. The van der Waals surface area contributed by atoms with Crippen molar-refractivity contribution in [1.29, 1.82) is 0 Å². The molecule has 4 atom stereocenters. The van der Waals surface area contributed by atoms with Crippen LogP contribution in [0.1, 0.15) is 57.3 Å². The first-order valence-electron chi connectivity index (χ1n) is 13.8. The molecule has 0 spiro atoms. The normalized spacial score (nSPS) is 16.0. The van der Waals surface area contributed by atoms with Crippen molar-refractivity contribution in [1.82, 2.24) is 41.6 Å². The van der Waals surface area contributed by atoms with E-state index in [1.54, 1.807) is 26.0 Å². The van der Waals surface area contributed by atoms with Gasteiger partial charge in [-0.1, -0.05) is 31.5 Å². The molecule has 2 aromatic rings. The third-order valence-electron chi connectivity index (χ3n) is 7.04. The zero-order valence-electron chi connectivity index (χ0n) is 23.8. The molecule has 3 rings (SSSR count). The molecule has 0 aliphatic carbocycles. The minimum Gasteiger partial charge on any atom is -0.481 e. The van der Waals surface area contributed by atoms with Gasteiger partial charge in [-0.2, -0.15) is 5.21 Å². The zero-order chi connectivity index (χ0) is 31.5. The van der Waals surface area contributed by atoms with E-state index in [0.717, 1.165) is 4.90 Å². The van der Waals surface area contributed by atoms with Crippen molar-refractivity contribution < 1.29 is 39.0 Å². The van der Waals surface area contributed by atoms with E-state index >= 15 is 0 Å². The minimum absolute atomic E-state index is 0.137. The Morgan fingerprint density at radius 1 is 1.09 bits per heavy atom. The van der Waals surface area contributed by atoms with E-state index in [-0.39, 0.29) is 38.0 Å². The van der Waals surface area contributed by atoms with Crippen LogP contribution in [-0.4, -0.2) is 96.1 Å². The van der Waals surface area contributed by atoms with Crippen LogP contribution in [0.4, 0.5) is 5.82 Å². The smallest absolute Gasteiger partial charge is 0.303 e. The Bertz CT molecular complexity index is 1320. The summed E-state index contributed by atoms with van der Waals surface area (Å²) in [5.74, 6) is -4.85. The van der Waals surface area contributed by atoms with Crippen LogP contribution in [-0.2, 0) is 41.6 Å². The van der Waals surface area contributed by atoms with Crippen LogP contribution in [0.3, 0.4) is 0 Å². The number of rotatable bonds is 16. The van der Waals surface area contributed by atoms with Crippen molar-refractivity contribution in [3.8, 4) is 0 Å². The van der Waals surface area contributed by atoms with Crippen LogP contribution < -0.4 is 20.9 Å². The fraction of sp³-hybridized carbons (Fsp3) is 0.538. The molecule has 3 unspecified atom stereocenters. The highest BCUT2D eigenvalue weighted by atomic mass is 16.4. The number of carboxylic acids is 2. The number of carboxylic acid groups (broad SMARTS) is 2. The number of carbonyl (C=O) groups excluding carboxylic acids is 4. The van der Waals surface area contributed by atoms with Gasteiger partial charge < -0.3 is 26.2 Å². The number of tetrazole rings is 1. The molecule has 2 aromatic heterocycles. The van der Waals surface area contributed by atoms with Gasteiger partial charge in [0.25, 0.3) is 5.91 Å². The van der Waals surface area contributed by atoms with Crippen LogP contribution in [0.5, 0.6) is 0 Å². The number of hydrogen-bond donors (Lipinski definition) is 6. The maximum atomic E-state index is 14.0. The van der Waals surface area contributed by atoms with Crippen LogP contribution >= 0.6 is 0 Å². The van der Waals surface area contributed by atoms with E-state index in [1.165, 1.54) is 6.20 Å². The summed E-state index contributed by atoms with van der Waals surface area (Å²) in [6.07, 6.45) is 0.771. The van der Waals surface area contributed by atoms with Crippen LogP contribution in [0.2, 0.25) is 0 Å². The number of aromatic amines is 1. The molecule has 0 bridgehead atoms. The van der Waals surface area contributed by atoms with E-state index in [9.17, 15) is 33.9 Å². The first-order chi connectivity index (χ1) is 20.5. The van der Waals surface area contributed by atoms with Gasteiger partial charge in [-0.15, -0.1) is 10.2 Å². The van der Waals surface area contributed by atoms with E-state index in [4.69, 9.17) is 5.11 Å². The number of amides is 4. The lowest BCUT2D eigenvalue weighted by Gasteiger charge is -2.30. The van der Waals surface area contributed by atoms with Crippen LogP contribution in [0.25, 0.3) is 0 Å². The first-order valence-corrected chi connectivity index (χ1v) is 13.8. The molecule has 0 radical (unpaired) electrons. The lowest BCUT2D eigenvalue weighted by atomic mass is 9.97. The van der Waals surface area contributed by atoms with Gasteiger partial charge in [-0.25, -0.2) is 4.98 Å². The van der Waals surface area contributed by atoms with Gasteiger partial charge in [0.15, 0.2) is 5.82 Å². The second kappa shape index (κ2) is 15.3. The predicted octanol–water partition coefficient (Wildman–Crippen LogP) is -1.04. The summed E-state index contributed by atoms with van der Waals surface area (Å²) >= 11 is 0. The Morgan fingerprint density at radius 2 is 1.84 bits per heavy atom. The van der Waals surface area contributed by atoms with E-state index < -0.39 is 72.5 Å². The largest absolute Gasteiger partial charge is 0.481 e. The Kier molecular flexibility index (Phi) is 11.6. The maximum Gasteiger partial charge on any atom is 0.303 e. The summed E-state index contributed by atoms with van der Waals surface area (Å²) in [6, 6.07) is -0.168. The van der Waals surface area contributed by atoms with Gasteiger partial charge in [0.1, 0.15) is 23.9 Å². The number of anilines is 1. The van der Waals surface area contributed by atoms with Gasteiger partial charge in [0.2, 0.25) is 17.7 Å². The van der Waals surface area contributed by atoms with Crippen molar-refractivity contribution in [2.24, 2.45) is 5.92 Å². The summed E-state index contributed by atoms with van der Waals surface area (Å²) in [4.78, 5) is 80.8. The van der Waals surface area contributed by atoms with Crippen molar-refractivity contribution in [3.63, 3.8) is 0 Å². The topological polar surface area (TPSA) is 250 Å². The van der Waals surface area contributed by atoms with Crippen LogP contribution in [0, 0.1) is 5.92 Å². The molecular formula is C26H35N9O8. The third kappa shape index (κ3) is 9.01. The zero-order valence-corrected chi connectivity index (χ0v) is 23.8. The SMILES string of the molecule is CCC(C)C(NC(=O)CCC(=O)O)C(=O)NC(CCC(=O)O)C(=O)N1c2ncccc2C[C@H]1C(=O)NCCc1nn[nH]n1. The van der Waals surface area contributed by atoms with Gasteiger partial charge >= 0.3 is 11.9 Å². The molecule has 0 aromatic carbocycles. The summed E-state index contributed by atoms with van der Waals surface area (Å²) in [5, 5.41) is 39.5. The fourth-order valence-electron chi connectivity index (χ4n) is 4.55. The molecule has 17 nitrogen and oxygen atoms in total. The van der Waals surface area contributed by atoms with Gasteiger partial charge in [0, 0.05) is 38.4 Å². The van der Waals surface area contributed by atoms with Gasteiger partial charge in [-0.3, -0.25) is 33.7 Å². The van der Waals surface area contributed by atoms with E-state index in [2.05, 4.69) is 41.6 Å². The molecule has 0 saturated heterocycles. The molecule has 1 aliphatic rings. The molecule has 4 amide bonds. The number of H-pyrrole nitrogens is 1. The van der Waals surface area contributed by atoms with Crippen LogP contribution in [0.15, 0.2) is 18.3 Å². The van der Waals surface area contributed by atoms with Crippen molar-refractivity contribution in [3.05, 3.63) is 29.7 Å². The molecule has 0 saturated carbocycles. The fourth-order valence-corrected chi connectivity index (χ4v) is 4.55. The second-order valence-electron chi connectivity index (χ2n) is 10.1. The quantitative estimate of drug-likeness (QED) is 0.135. The highest BCUT2D eigenvalue weighted by Gasteiger charge is 2.42. The summed E-state index contributed by atoms with van der Waals surface area (Å²) < 4.78 is 0. The third-order valence-corrected chi connectivity index (χ3v) is 7.04. The standard InChI is InChI=1S/C26H35N9O8/c1-3-14(2)22(30-19(36)7-9-21(39)40)25(42)29-16(6-8-20(37)38)26(43)35-17(13-15-5-4-11-27-23(15)35)24(41)28-12-10-18-31-33-34-32-18/h4-5,11,14,16-17,22H,3,6-10,12-13H2,1-2H3,(H,28,41)(H,29,42)(H,30,36)(H,37,38)(H,39,40)(H,31,32,33,34)/t14?,16?,17-,22?/m0/s1. The highest BCUT2D eigenvalue weighted by molar-refractivity contribution is 6.06. The number of nitrogens with zero attached hydrogens (tertiary/aromatic N) is 5. The molecule has 232 valence electrons. The Balaban J connectivity index is 1.83. The number of nitrogens with one attached hydrogen (secondary N) is 4. The monoisotopic (exact) mass is 601 g/mol. The summed E-state index contributed by atoms with van der Waals surface area (Å²) in [5.41, 5.74) is 0.612. The number of carbonyl (C=O) groups is 6. The van der Waals surface area contributed by atoms with Crippen molar-refractivity contribution in [2.75, 3.05) is 11.4 Å². The lowest BCUT2D eigenvalue weighted by molar-refractivity contribution is -0.140. The molecule has 3 heterocycles. The number of aromatic nitrogens is 5. The van der Waals surface area contributed by atoms with Gasteiger partial charge in [-0.05, 0) is 24.0 Å². The van der Waals surface area contributed by atoms with Crippen molar-refractivity contribution >= 4 is 41.4 Å². The summed E-state index contributed by atoms with van der Waals surface area (Å²) in [7, 11) is 0. The number of fused-ring (bicyclic) bond motifs is 1. The maximum absolute atomic E-state index is 14.0. The highest BCUT2D eigenvalue weighted by Crippen LogP contribution is 2.31. The Hall–Kier alpha value is -4.96. The number of hydrogen-bond acceptors (Lipinski definition) is 10. The second-order valence-corrected chi connectivity index (χ2v) is 10.1. The summed E-state index contributed by atoms with van der Waals surface area (Å²) in [6.45, 7) is 3.64. The molecular weight excluding hydrogens is 566 g/mol.